The predicted octanol–water partition coefficient (Wildman–Crippen LogP) is 3.05. The molecule has 1 unspecified atom stereocenters. The van der Waals surface area contributed by atoms with E-state index < -0.39 is 6.23 Å². The second kappa shape index (κ2) is 9.03. The summed E-state index contributed by atoms with van der Waals surface area (Å²) in [5.74, 6) is 2.09. The number of nitrogens with zero attached hydrogens (tertiary/aromatic N) is 7. The average molecular weight is 446 g/mol. The van der Waals surface area contributed by atoms with Gasteiger partial charge in [0.2, 0.25) is 0 Å². The van der Waals surface area contributed by atoms with E-state index in [1.54, 1.807) is 4.52 Å². The summed E-state index contributed by atoms with van der Waals surface area (Å²) in [4.78, 5) is 2.23. The molecule has 0 bridgehead atoms. The molecule has 8 heteroatoms. The second-order valence-corrected chi connectivity index (χ2v) is 9.13. The van der Waals surface area contributed by atoms with Crippen molar-refractivity contribution in [2.75, 3.05) is 13.1 Å². The lowest BCUT2D eigenvalue weighted by Crippen LogP contribution is -2.33. The van der Waals surface area contributed by atoms with Crippen molar-refractivity contribution in [1.29, 1.82) is 0 Å². The Morgan fingerprint density at radius 3 is 2.67 bits per heavy atom. The van der Waals surface area contributed by atoms with Gasteiger partial charge in [-0.25, -0.2) is 4.68 Å². The minimum Gasteiger partial charge on any atom is -0.378 e. The van der Waals surface area contributed by atoms with Crippen molar-refractivity contribution < 1.29 is 5.11 Å². The summed E-state index contributed by atoms with van der Waals surface area (Å²) in [5, 5.41) is 28.5. The van der Waals surface area contributed by atoms with E-state index >= 15 is 0 Å². The Kier molecular flexibility index (Phi) is 5.95. The summed E-state index contributed by atoms with van der Waals surface area (Å²) >= 11 is 0. The first kappa shape index (κ1) is 21.7. The van der Waals surface area contributed by atoms with Gasteiger partial charge in [0.05, 0.1) is 5.69 Å². The number of aromatic nitrogens is 6. The van der Waals surface area contributed by atoms with Gasteiger partial charge in [0.25, 0.3) is 0 Å². The van der Waals surface area contributed by atoms with E-state index in [4.69, 9.17) is 5.10 Å². The summed E-state index contributed by atoms with van der Waals surface area (Å²) in [5.41, 5.74) is 5.31. The zero-order chi connectivity index (χ0) is 22.9. The Morgan fingerprint density at radius 2 is 1.85 bits per heavy atom. The fraction of sp³-hybridized carbons (Fsp3) is 0.440. The van der Waals surface area contributed by atoms with Crippen molar-refractivity contribution in [3.63, 3.8) is 0 Å². The number of benzene rings is 1. The van der Waals surface area contributed by atoms with Crippen LogP contribution in [0.3, 0.4) is 0 Å². The van der Waals surface area contributed by atoms with E-state index in [0.29, 0.717) is 12.3 Å². The summed E-state index contributed by atoms with van der Waals surface area (Å²) in [7, 11) is 0. The van der Waals surface area contributed by atoms with E-state index in [0.717, 1.165) is 61.0 Å². The fourth-order valence-corrected chi connectivity index (χ4v) is 4.96. The normalized spacial score (nSPS) is 17.8. The molecule has 0 amide bonds. The number of aryl methyl sites for hydroxylation is 2. The van der Waals surface area contributed by atoms with Gasteiger partial charge in [0, 0.05) is 18.8 Å². The van der Waals surface area contributed by atoms with Crippen molar-refractivity contribution in [1.82, 2.24) is 34.5 Å². The van der Waals surface area contributed by atoms with Crippen LogP contribution in [0.1, 0.15) is 41.2 Å². The molecule has 1 fully saturated rings. The van der Waals surface area contributed by atoms with Crippen LogP contribution in [0.5, 0.6) is 0 Å². The third kappa shape index (κ3) is 4.41. The average Bonchev–Trinajstić information content (AvgIpc) is 3.51. The molecule has 3 aromatic heterocycles. The predicted molar refractivity (Wildman–Crippen MR) is 126 cm³/mol. The molecule has 4 aromatic rings. The first-order valence-electron chi connectivity index (χ1n) is 11.7. The van der Waals surface area contributed by atoms with Crippen LogP contribution < -0.4 is 0 Å². The largest absolute Gasteiger partial charge is 0.378 e. The number of aliphatic hydroxyl groups is 1. The number of hydrogen-bond acceptors (Lipinski definition) is 6. The third-order valence-corrected chi connectivity index (χ3v) is 6.82. The molecular weight excluding hydrogens is 414 g/mol. The highest BCUT2D eigenvalue weighted by Crippen LogP contribution is 2.25. The van der Waals surface area contributed by atoms with Gasteiger partial charge in [-0.15, -0.1) is 15.3 Å². The number of fused-ring (bicyclic) bond motifs is 1. The Morgan fingerprint density at radius 1 is 1.03 bits per heavy atom. The monoisotopic (exact) mass is 445 g/mol. The van der Waals surface area contributed by atoms with Gasteiger partial charge in [0.1, 0.15) is 6.23 Å². The first-order valence-corrected chi connectivity index (χ1v) is 11.7. The van der Waals surface area contributed by atoms with Crippen molar-refractivity contribution in [2.45, 2.75) is 52.7 Å². The molecule has 5 rings (SSSR count). The van der Waals surface area contributed by atoms with E-state index in [1.807, 2.05) is 30.7 Å². The van der Waals surface area contributed by atoms with Crippen molar-refractivity contribution in [3.05, 3.63) is 70.8 Å². The maximum atomic E-state index is 10.9. The smallest absolute Gasteiger partial charge is 0.178 e. The number of rotatable bonds is 7. The third-order valence-electron chi connectivity index (χ3n) is 6.82. The Balaban J connectivity index is 1.23. The van der Waals surface area contributed by atoms with E-state index in [2.05, 4.69) is 57.5 Å². The lowest BCUT2D eigenvalue weighted by Gasteiger charge is -2.23. The summed E-state index contributed by atoms with van der Waals surface area (Å²) < 4.78 is 3.61. The lowest BCUT2D eigenvalue weighted by atomic mass is 9.99. The highest BCUT2D eigenvalue weighted by Gasteiger charge is 2.27. The van der Waals surface area contributed by atoms with Crippen LogP contribution in [0, 0.1) is 26.7 Å². The van der Waals surface area contributed by atoms with Crippen LogP contribution in [0.25, 0.3) is 11.5 Å². The van der Waals surface area contributed by atoms with Crippen LogP contribution in [0.15, 0.2) is 42.5 Å². The quantitative estimate of drug-likeness (QED) is 0.471. The molecule has 2 atom stereocenters. The molecule has 1 aromatic carbocycles. The molecule has 0 spiro atoms. The maximum Gasteiger partial charge on any atom is 0.178 e. The topological polar surface area (TPSA) is 84.4 Å². The summed E-state index contributed by atoms with van der Waals surface area (Å²) in [6, 6.07) is 14.5. The van der Waals surface area contributed by atoms with Gasteiger partial charge in [0.15, 0.2) is 17.3 Å². The number of aliphatic hydroxyl groups excluding tert-OH is 1. The van der Waals surface area contributed by atoms with Gasteiger partial charge >= 0.3 is 0 Å². The molecule has 172 valence electrons. The fourth-order valence-electron chi connectivity index (χ4n) is 4.96. The van der Waals surface area contributed by atoms with E-state index in [1.165, 1.54) is 11.1 Å². The van der Waals surface area contributed by atoms with Crippen molar-refractivity contribution >= 4 is 5.65 Å². The molecule has 0 radical (unpaired) electrons. The molecule has 4 heterocycles. The summed E-state index contributed by atoms with van der Waals surface area (Å²) in [6.45, 7) is 7.89. The van der Waals surface area contributed by atoms with Crippen molar-refractivity contribution in [2.24, 2.45) is 5.92 Å². The molecular formula is C25H31N7O. The minimum atomic E-state index is -0.429. The van der Waals surface area contributed by atoms with Crippen LogP contribution in [0.4, 0.5) is 0 Å². The zero-order valence-corrected chi connectivity index (χ0v) is 19.5. The molecule has 33 heavy (non-hydrogen) atoms. The van der Waals surface area contributed by atoms with Gasteiger partial charge in [-0.3, -0.25) is 4.90 Å². The molecule has 1 saturated heterocycles. The van der Waals surface area contributed by atoms with Crippen LogP contribution in [-0.2, 0) is 12.8 Å². The van der Waals surface area contributed by atoms with Crippen molar-refractivity contribution in [3.8, 4) is 5.82 Å². The molecule has 1 aliphatic heterocycles. The standard InChI is InChI=1S/C25H31N7O/c1-17-22(18(2)31(28-17)24-11-10-23-27-26-19(3)32(23)29-24)9-12-25(33)30-14-13-21(16-30)15-20-7-5-4-6-8-20/h4-8,10-11,21,25,33H,9,12-16H2,1-3H3/t21-,25?/m1/s1. The highest BCUT2D eigenvalue weighted by atomic mass is 16.3. The first-order chi connectivity index (χ1) is 16.0. The van der Waals surface area contributed by atoms with Gasteiger partial charge in [-0.1, -0.05) is 30.3 Å². The van der Waals surface area contributed by atoms with E-state index in [9.17, 15) is 5.11 Å². The molecule has 8 nitrogen and oxygen atoms in total. The SMILES string of the molecule is Cc1nn(-c2ccc3nnc(C)n3n2)c(C)c1CCC(O)N1CC[C@H](Cc2ccccc2)C1. The zero-order valence-electron chi connectivity index (χ0n) is 19.5. The van der Waals surface area contributed by atoms with Gasteiger partial charge < -0.3 is 5.11 Å². The van der Waals surface area contributed by atoms with Crippen LogP contribution in [0.2, 0.25) is 0 Å². The van der Waals surface area contributed by atoms with Crippen LogP contribution >= 0.6 is 0 Å². The minimum absolute atomic E-state index is 0.429. The molecule has 0 saturated carbocycles. The molecule has 1 N–H and O–H groups in total. The molecule has 1 aliphatic rings. The summed E-state index contributed by atoms with van der Waals surface area (Å²) in [6.07, 6.45) is 3.27. The Bertz CT molecular complexity index is 1250. The molecule has 0 aliphatic carbocycles. The highest BCUT2D eigenvalue weighted by molar-refractivity contribution is 5.40. The van der Waals surface area contributed by atoms with Crippen LogP contribution in [-0.4, -0.2) is 58.9 Å². The van der Waals surface area contributed by atoms with Gasteiger partial charge in [-0.05, 0) is 75.6 Å². The lowest BCUT2D eigenvalue weighted by molar-refractivity contribution is 0.0118. The number of likely N-dealkylation sites (tertiary alicyclic amines) is 1. The Hall–Kier alpha value is -3.10. The second-order valence-electron chi connectivity index (χ2n) is 9.13. The maximum absolute atomic E-state index is 10.9. The number of hydrogen-bond donors (Lipinski definition) is 1. The van der Waals surface area contributed by atoms with Gasteiger partial charge in [-0.2, -0.15) is 9.61 Å². The Labute approximate surface area is 193 Å². The van der Waals surface area contributed by atoms with E-state index in [-0.39, 0.29) is 0 Å².